The van der Waals surface area contributed by atoms with Gasteiger partial charge in [-0.3, -0.25) is 0 Å². The first-order valence-corrected chi connectivity index (χ1v) is 10.5. The molecule has 0 unspecified atom stereocenters. The highest BCUT2D eigenvalue weighted by atomic mass is 16.5. The second kappa shape index (κ2) is 8.06. The maximum atomic E-state index is 10.1. The van der Waals surface area contributed by atoms with Crippen LogP contribution in [0.15, 0.2) is 84.9 Å². The van der Waals surface area contributed by atoms with Gasteiger partial charge in [-0.25, -0.2) is 0 Å². The molecule has 0 amide bonds. The van der Waals surface area contributed by atoms with Crippen LogP contribution in [0.3, 0.4) is 0 Å². The van der Waals surface area contributed by atoms with E-state index in [1.54, 1.807) is 14.2 Å². The highest BCUT2D eigenvalue weighted by molar-refractivity contribution is 5.99. The molecule has 0 aliphatic carbocycles. The molecule has 0 radical (unpaired) electrons. The van der Waals surface area contributed by atoms with Crippen LogP contribution in [-0.4, -0.2) is 19.3 Å². The summed E-state index contributed by atoms with van der Waals surface area (Å²) in [6.07, 6.45) is 4.13. The molecule has 1 aliphatic rings. The molecule has 0 saturated heterocycles. The number of hydrogen-bond donors (Lipinski definition) is 1. The van der Waals surface area contributed by atoms with Crippen LogP contribution < -0.4 is 14.2 Å². The Morgan fingerprint density at radius 3 is 2.03 bits per heavy atom. The number of fused-ring (bicyclic) bond motifs is 3. The van der Waals surface area contributed by atoms with E-state index >= 15 is 0 Å². The van der Waals surface area contributed by atoms with E-state index in [2.05, 4.69) is 36.4 Å². The van der Waals surface area contributed by atoms with Gasteiger partial charge in [-0.05, 0) is 29.8 Å². The van der Waals surface area contributed by atoms with Crippen LogP contribution in [0.1, 0.15) is 22.3 Å². The maximum absolute atomic E-state index is 10.1. The smallest absolute Gasteiger partial charge is 0.178 e. The summed E-state index contributed by atoms with van der Waals surface area (Å²) < 4.78 is 18.1. The minimum absolute atomic E-state index is 0.115. The SMILES string of the molecule is COc1ccc2c3c(c(CO)cc2c1OC)C=CC(c1ccccc1)(c1ccccc1)O3. The average molecular weight is 424 g/mol. The van der Waals surface area contributed by atoms with Gasteiger partial charge < -0.3 is 19.3 Å². The molecule has 4 heteroatoms. The lowest BCUT2D eigenvalue weighted by Crippen LogP contribution is -2.34. The average Bonchev–Trinajstić information content (AvgIpc) is 2.88. The molecule has 4 aromatic rings. The van der Waals surface area contributed by atoms with E-state index in [0.717, 1.165) is 33.0 Å². The van der Waals surface area contributed by atoms with Crippen LogP contribution in [0, 0.1) is 0 Å². The van der Waals surface area contributed by atoms with Gasteiger partial charge in [0.2, 0.25) is 0 Å². The van der Waals surface area contributed by atoms with E-state index in [1.807, 2.05) is 54.6 Å². The molecule has 0 fully saturated rings. The number of hydrogen-bond acceptors (Lipinski definition) is 4. The summed E-state index contributed by atoms with van der Waals surface area (Å²) in [5.74, 6) is 1.96. The monoisotopic (exact) mass is 424 g/mol. The first-order chi connectivity index (χ1) is 15.7. The van der Waals surface area contributed by atoms with Crippen molar-refractivity contribution >= 4 is 16.8 Å². The summed E-state index contributed by atoms with van der Waals surface area (Å²) in [7, 11) is 3.23. The van der Waals surface area contributed by atoms with Crippen LogP contribution in [0.2, 0.25) is 0 Å². The van der Waals surface area contributed by atoms with Crippen LogP contribution in [0.5, 0.6) is 17.2 Å². The lowest BCUT2D eigenvalue weighted by molar-refractivity contribution is 0.163. The van der Waals surface area contributed by atoms with Crippen molar-refractivity contribution in [1.29, 1.82) is 0 Å². The summed E-state index contributed by atoms with van der Waals surface area (Å²) in [6.45, 7) is -0.115. The summed E-state index contributed by atoms with van der Waals surface area (Å²) >= 11 is 0. The van der Waals surface area contributed by atoms with E-state index < -0.39 is 5.60 Å². The van der Waals surface area contributed by atoms with Crippen molar-refractivity contribution in [2.24, 2.45) is 0 Å². The Morgan fingerprint density at radius 2 is 1.47 bits per heavy atom. The molecule has 1 aliphatic heterocycles. The first-order valence-electron chi connectivity index (χ1n) is 10.5. The number of methoxy groups -OCH3 is 2. The summed E-state index contributed by atoms with van der Waals surface area (Å²) in [5, 5.41) is 11.9. The Kier molecular flexibility index (Phi) is 5.08. The van der Waals surface area contributed by atoms with Crippen LogP contribution in [0.4, 0.5) is 0 Å². The third-order valence-corrected chi connectivity index (χ3v) is 6.06. The molecule has 0 spiro atoms. The van der Waals surface area contributed by atoms with Crippen molar-refractivity contribution in [1.82, 2.24) is 0 Å². The quantitative estimate of drug-likeness (QED) is 0.447. The summed E-state index contributed by atoms with van der Waals surface area (Å²) in [5.41, 5.74) is 2.89. The zero-order valence-corrected chi connectivity index (χ0v) is 18.0. The molecule has 1 heterocycles. The zero-order valence-electron chi connectivity index (χ0n) is 18.0. The Hall–Kier alpha value is -3.76. The molecule has 0 atom stereocenters. The van der Waals surface area contributed by atoms with Gasteiger partial charge in [0, 0.05) is 27.5 Å². The lowest BCUT2D eigenvalue weighted by Gasteiger charge is -2.37. The molecular weight excluding hydrogens is 400 g/mol. The minimum atomic E-state index is -0.802. The highest BCUT2D eigenvalue weighted by Gasteiger charge is 2.38. The summed E-state index contributed by atoms with van der Waals surface area (Å²) in [6, 6.07) is 26.2. The van der Waals surface area contributed by atoms with Crippen LogP contribution in [0.25, 0.3) is 16.8 Å². The van der Waals surface area contributed by atoms with Crippen molar-refractivity contribution in [3.05, 3.63) is 107 Å². The van der Waals surface area contributed by atoms with E-state index in [0.29, 0.717) is 17.2 Å². The maximum Gasteiger partial charge on any atom is 0.178 e. The normalized spacial score (nSPS) is 14.0. The Morgan fingerprint density at radius 1 is 0.812 bits per heavy atom. The van der Waals surface area contributed by atoms with Crippen molar-refractivity contribution in [2.75, 3.05) is 14.2 Å². The van der Waals surface area contributed by atoms with Gasteiger partial charge in [0.25, 0.3) is 0 Å². The molecule has 1 N–H and O–H groups in total. The molecule has 0 aromatic heterocycles. The Balaban J connectivity index is 1.82. The number of benzene rings is 4. The minimum Gasteiger partial charge on any atom is -0.493 e. The Bertz CT molecular complexity index is 1250. The predicted octanol–water partition coefficient (Wildman–Crippen LogP) is 5.70. The fraction of sp³-hybridized carbons (Fsp3) is 0.143. The second-order valence-electron chi connectivity index (χ2n) is 7.74. The fourth-order valence-corrected chi connectivity index (χ4v) is 4.50. The van der Waals surface area contributed by atoms with Gasteiger partial charge in [0.1, 0.15) is 5.75 Å². The third-order valence-electron chi connectivity index (χ3n) is 6.06. The molecule has 32 heavy (non-hydrogen) atoms. The number of aliphatic hydroxyl groups excluding tert-OH is 1. The van der Waals surface area contributed by atoms with Crippen molar-refractivity contribution < 1.29 is 19.3 Å². The largest absolute Gasteiger partial charge is 0.493 e. The van der Waals surface area contributed by atoms with E-state index in [4.69, 9.17) is 14.2 Å². The molecule has 0 bridgehead atoms. The van der Waals surface area contributed by atoms with Crippen molar-refractivity contribution in [3.63, 3.8) is 0 Å². The molecule has 5 rings (SSSR count). The predicted molar refractivity (Wildman–Crippen MR) is 126 cm³/mol. The lowest BCUT2D eigenvalue weighted by atomic mass is 9.82. The van der Waals surface area contributed by atoms with Crippen LogP contribution >= 0.6 is 0 Å². The van der Waals surface area contributed by atoms with Gasteiger partial charge in [-0.1, -0.05) is 66.7 Å². The van der Waals surface area contributed by atoms with E-state index in [-0.39, 0.29) is 6.61 Å². The van der Waals surface area contributed by atoms with E-state index in [9.17, 15) is 5.11 Å². The molecule has 4 aromatic carbocycles. The van der Waals surface area contributed by atoms with Crippen molar-refractivity contribution in [2.45, 2.75) is 12.2 Å². The number of rotatable bonds is 5. The summed E-state index contributed by atoms with van der Waals surface area (Å²) in [4.78, 5) is 0. The first kappa shape index (κ1) is 20.2. The fourth-order valence-electron chi connectivity index (χ4n) is 4.50. The van der Waals surface area contributed by atoms with Gasteiger partial charge in [-0.2, -0.15) is 0 Å². The third kappa shape index (κ3) is 3.03. The number of aliphatic hydroxyl groups is 1. The topological polar surface area (TPSA) is 47.9 Å². The van der Waals surface area contributed by atoms with Crippen LogP contribution in [-0.2, 0) is 12.2 Å². The highest BCUT2D eigenvalue weighted by Crippen LogP contribution is 2.49. The van der Waals surface area contributed by atoms with Gasteiger partial charge in [-0.15, -0.1) is 0 Å². The molecule has 160 valence electrons. The van der Waals surface area contributed by atoms with Gasteiger partial charge >= 0.3 is 0 Å². The molecule has 0 saturated carbocycles. The number of ether oxygens (including phenoxy) is 3. The van der Waals surface area contributed by atoms with Gasteiger partial charge in [0.15, 0.2) is 17.1 Å². The Labute approximate surface area is 187 Å². The van der Waals surface area contributed by atoms with Gasteiger partial charge in [0.05, 0.1) is 20.8 Å². The molecular formula is C28H24O4. The second-order valence-corrected chi connectivity index (χ2v) is 7.74. The van der Waals surface area contributed by atoms with E-state index in [1.165, 1.54) is 0 Å². The standard InChI is InChI=1S/C28H24O4/c1-30-25-14-13-23-24(27(25)31-2)17-19(18-29)22-15-16-28(32-26(22)23,20-9-5-3-6-10-20)21-11-7-4-8-12-21/h3-17,29H,18H2,1-2H3. The zero-order chi connectivity index (χ0) is 22.1. The van der Waals surface area contributed by atoms with Crippen molar-refractivity contribution in [3.8, 4) is 17.2 Å². The molecule has 4 nitrogen and oxygen atoms in total.